The van der Waals surface area contributed by atoms with E-state index in [9.17, 15) is 0 Å². The maximum Gasteiger partial charge on any atom is 0.226 e. The summed E-state index contributed by atoms with van der Waals surface area (Å²) in [5, 5.41) is 7.47. The topological polar surface area (TPSA) is 75.8 Å². The normalized spacial score (nSPS) is 16.7. The van der Waals surface area contributed by atoms with E-state index in [2.05, 4.69) is 51.3 Å². The smallest absolute Gasteiger partial charge is 0.226 e. The van der Waals surface area contributed by atoms with Crippen LogP contribution in [0.5, 0.6) is 0 Å². The average molecular weight is 527 g/mol. The number of nitrogens with zero attached hydrogens (tertiary/aromatic N) is 4. The van der Waals surface area contributed by atoms with Gasteiger partial charge in [-0.05, 0) is 18.4 Å². The van der Waals surface area contributed by atoms with Gasteiger partial charge in [0.2, 0.25) is 5.89 Å². The summed E-state index contributed by atoms with van der Waals surface area (Å²) in [6.07, 6.45) is 2.84. The van der Waals surface area contributed by atoms with Gasteiger partial charge in [0.25, 0.3) is 0 Å². The first-order valence-electron chi connectivity index (χ1n) is 10.6. The lowest BCUT2D eigenvalue weighted by Crippen LogP contribution is -2.40. The van der Waals surface area contributed by atoms with Gasteiger partial charge in [-0.3, -0.25) is 4.99 Å². The standard InChI is InChI=1S/C22H33N5O2.HI/c1-17(2)21-25-20(29-26-21)10-7-12-24-22(23-3)27-13-11-19(14-27)16-28-15-18-8-5-4-6-9-18;/h4-6,8-9,17,19H,7,10-16H2,1-3H3,(H,23,24);1H. The number of hydrogen-bond acceptors (Lipinski definition) is 5. The Bertz CT molecular complexity index is 766. The lowest BCUT2D eigenvalue weighted by Gasteiger charge is -2.21. The van der Waals surface area contributed by atoms with Crippen molar-refractivity contribution in [1.82, 2.24) is 20.4 Å². The van der Waals surface area contributed by atoms with E-state index in [0.29, 0.717) is 24.3 Å². The van der Waals surface area contributed by atoms with Gasteiger partial charge >= 0.3 is 0 Å². The van der Waals surface area contributed by atoms with Gasteiger partial charge in [-0.2, -0.15) is 4.98 Å². The molecule has 1 unspecified atom stereocenters. The molecule has 166 valence electrons. The Labute approximate surface area is 196 Å². The van der Waals surface area contributed by atoms with Crippen molar-refractivity contribution in [3.05, 3.63) is 47.6 Å². The van der Waals surface area contributed by atoms with Crippen molar-refractivity contribution < 1.29 is 9.26 Å². The maximum atomic E-state index is 5.92. The van der Waals surface area contributed by atoms with E-state index in [1.807, 2.05) is 25.2 Å². The third-order valence-electron chi connectivity index (χ3n) is 5.11. The summed E-state index contributed by atoms with van der Waals surface area (Å²) < 4.78 is 11.2. The molecule has 0 spiro atoms. The SMILES string of the molecule is CN=C(NCCCc1nc(C(C)C)no1)N1CCC(COCc2ccccc2)C1.I. The van der Waals surface area contributed by atoms with Gasteiger partial charge in [0.05, 0.1) is 13.2 Å². The molecule has 0 amide bonds. The minimum Gasteiger partial charge on any atom is -0.376 e. The number of hydrogen-bond donors (Lipinski definition) is 1. The first-order valence-corrected chi connectivity index (χ1v) is 10.6. The second-order valence-corrected chi connectivity index (χ2v) is 7.88. The lowest BCUT2D eigenvalue weighted by atomic mass is 10.1. The zero-order valence-corrected chi connectivity index (χ0v) is 20.5. The van der Waals surface area contributed by atoms with Crippen LogP contribution >= 0.6 is 24.0 Å². The molecule has 1 aromatic carbocycles. The first kappa shape index (κ1) is 24.6. The van der Waals surface area contributed by atoms with Gasteiger partial charge in [-0.1, -0.05) is 49.3 Å². The molecule has 0 aliphatic carbocycles. The molecule has 1 N–H and O–H groups in total. The van der Waals surface area contributed by atoms with Crippen LogP contribution in [0.15, 0.2) is 39.8 Å². The van der Waals surface area contributed by atoms with Crippen molar-refractivity contribution in [2.45, 2.75) is 45.6 Å². The van der Waals surface area contributed by atoms with Crippen LogP contribution in [-0.2, 0) is 17.8 Å². The zero-order valence-electron chi connectivity index (χ0n) is 18.2. The summed E-state index contributed by atoms with van der Waals surface area (Å²) in [6.45, 7) is 8.43. The van der Waals surface area contributed by atoms with Gasteiger partial charge in [0, 0.05) is 44.9 Å². The highest BCUT2D eigenvalue weighted by Crippen LogP contribution is 2.17. The average Bonchev–Trinajstić information content (AvgIpc) is 3.39. The van der Waals surface area contributed by atoms with Crippen LogP contribution < -0.4 is 5.32 Å². The molecule has 8 heteroatoms. The van der Waals surface area contributed by atoms with Gasteiger partial charge in [0.15, 0.2) is 11.8 Å². The number of benzene rings is 1. The molecule has 0 radical (unpaired) electrons. The molecule has 1 fully saturated rings. The van der Waals surface area contributed by atoms with E-state index in [1.165, 1.54) is 5.56 Å². The van der Waals surface area contributed by atoms with Crippen LogP contribution in [-0.4, -0.2) is 54.3 Å². The van der Waals surface area contributed by atoms with Crippen molar-refractivity contribution in [1.29, 1.82) is 0 Å². The number of aryl methyl sites for hydroxylation is 1. The van der Waals surface area contributed by atoms with Crippen molar-refractivity contribution in [2.24, 2.45) is 10.9 Å². The number of rotatable bonds is 9. The van der Waals surface area contributed by atoms with Crippen LogP contribution in [0.1, 0.15) is 49.9 Å². The predicted molar refractivity (Wildman–Crippen MR) is 129 cm³/mol. The molecule has 1 aliphatic heterocycles. The van der Waals surface area contributed by atoms with E-state index in [1.54, 1.807) is 0 Å². The quantitative estimate of drug-likeness (QED) is 0.231. The zero-order chi connectivity index (χ0) is 20.5. The summed E-state index contributed by atoms with van der Waals surface area (Å²) >= 11 is 0. The number of likely N-dealkylation sites (tertiary alicyclic amines) is 1. The number of nitrogens with one attached hydrogen (secondary N) is 1. The summed E-state index contributed by atoms with van der Waals surface area (Å²) in [5.41, 5.74) is 1.22. The Morgan fingerprint density at radius 2 is 2.13 bits per heavy atom. The van der Waals surface area contributed by atoms with Gasteiger partial charge < -0.3 is 19.5 Å². The Balaban J connectivity index is 0.00000320. The van der Waals surface area contributed by atoms with E-state index >= 15 is 0 Å². The Hall–Kier alpha value is -1.68. The Kier molecular flexibility index (Phi) is 10.6. The van der Waals surface area contributed by atoms with E-state index < -0.39 is 0 Å². The molecule has 0 saturated carbocycles. The van der Waals surface area contributed by atoms with Gasteiger partial charge in [-0.15, -0.1) is 24.0 Å². The third kappa shape index (κ3) is 7.54. The molecular formula is C22H34IN5O2. The highest BCUT2D eigenvalue weighted by Gasteiger charge is 2.24. The Morgan fingerprint density at radius 1 is 1.33 bits per heavy atom. The molecule has 1 aromatic heterocycles. The number of aliphatic imine (C=N–C) groups is 1. The van der Waals surface area contributed by atoms with E-state index in [-0.39, 0.29) is 24.0 Å². The van der Waals surface area contributed by atoms with Crippen LogP contribution in [0.4, 0.5) is 0 Å². The van der Waals surface area contributed by atoms with Gasteiger partial charge in [-0.25, -0.2) is 0 Å². The molecule has 0 bridgehead atoms. The molecule has 1 atom stereocenters. The fourth-order valence-electron chi connectivity index (χ4n) is 3.45. The minimum absolute atomic E-state index is 0. The highest BCUT2D eigenvalue weighted by molar-refractivity contribution is 14.0. The number of halogens is 1. The van der Waals surface area contributed by atoms with Crippen LogP contribution in [0, 0.1) is 5.92 Å². The molecule has 2 heterocycles. The minimum atomic E-state index is 0. The summed E-state index contributed by atoms with van der Waals surface area (Å²) in [5.74, 6) is 3.29. The number of ether oxygens (including phenoxy) is 1. The fraction of sp³-hybridized carbons (Fsp3) is 0.591. The van der Waals surface area contributed by atoms with E-state index in [4.69, 9.17) is 9.26 Å². The van der Waals surface area contributed by atoms with E-state index in [0.717, 1.165) is 57.3 Å². The molecule has 7 nitrogen and oxygen atoms in total. The van der Waals surface area contributed by atoms with Gasteiger partial charge in [0.1, 0.15) is 0 Å². The largest absolute Gasteiger partial charge is 0.376 e. The van der Waals surface area contributed by atoms with Crippen molar-refractivity contribution in [2.75, 3.05) is 33.3 Å². The number of guanidine groups is 1. The predicted octanol–water partition coefficient (Wildman–Crippen LogP) is 3.86. The van der Waals surface area contributed by atoms with Crippen molar-refractivity contribution >= 4 is 29.9 Å². The molecule has 1 saturated heterocycles. The molecular weight excluding hydrogens is 493 g/mol. The second kappa shape index (κ2) is 12.9. The third-order valence-corrected chi connectivity index (χ3v) is 5.11. The monoisotopic (exact) mass is 527 g/mol. The maximum absolute atomic E-state index is 5.92. The van der Waals surface area contributed by atoms with Crippen molar-refractivity contribution in [3.8, 4) is 0 Å². The van der Waals surface area contributed by atoms with Crippen molar-refractivity contribution in [3.63, 3.8) is 0 Å². The fourth-order valence-corrected chi connectivity index (χ4v) is 3.45. The van der Waals surface area contributed by atoms with Crippen LogP contribution in [0.25, 0.3) is 0 Å². The summed E-state index contributed by atoms with van der Waals surface area (Å²) in [6, 6.07) is 10.3. The Morgan fingerprint density at radius 3 is 2.83 bits per heavy atom. The van der Waals surface area contributed by atoms with Crippen LogP contribution in [0.3, 0.4) is 0 Å². The summed E-state index contributed by atoms with van der Waals surface area (Å²) in [4.78, 5) is 11.2. The molecule has 30 heavy (non-hydrogen) atoms. The van der Waals surface area contributed by atoms with Crippen LogP contribution in [0.2, 0.25) is 0 Å². The molecule has 2 aromatic rings. The second-order valence-electron chi connectivity index (χ2n) is 7.88. The lowest BCUT2D eigenvalue weighted by molar-refractivity contribution is 0.0907. The number of aromatic nitrogens is 2. The first-order chi connectivity index (χ1) is 14.2. The highest BCUT2D eigenvalue weighted by atomic mass is 127. The summed E-state index contributed by atoms with van der Waals surface area (Å²) in [7, 11) is 1.84. The molecule has 1 aliphatic rings. The molecule has 3 rings (SSSR count).